The van der Waals surface area contributed by atoms with Gasteiger partial charge in [-0.05, 0) is 49.2 Å². The Hall–Kier alpha value is -1.39. The summed E-state index contributed by atoms with van der Waals surface area (Å²) in [4.78, 5) is 9.71. The fourth-order valence-electron chi connectivity index (χ4n) is 1.83. The number of nitrogens with two attached hydrogens (primary N) is 1. The van der Waals surface area contributed by atoms with E-state index in [9.17, 15) is 0 Å². The van der Waals surface area contributed by atoms with E-state index in [0.717, 1.165) is 18.0 Å². The van der Waals surface area contributed by atoms with Crippen molar-refractivity contribution in [1.29, 1.82) is 0 Å². The monoisotopic (exact) mass is 273 g/mol. The highest BCUT2D eigenvalue weighted by atomic mass is 32.2. The SMILES string of the molecule is CCC(N)Cc1cc(C)ccc1Sc1ncccn1. The lowest BCUT2D eigenvalue weighted by molar-refractivity contribution is 0.640. The number of aromatic nitrogens is 2. The van der Waals surface area contributed by atoms with Gasteiger partial charge in [-0.2, -0.15) is 0 Å². The molecule has 3 nitrogen and oxygen atoms in total. The van der Waals surface area contributed by atoms with Crippen molar-refractivity contribution in [1.82, 2.24) is 9.97 Å². The Morgan fingerprint density at radius 2 is 2.00 bits per heavy atom. The van der Waals surface area contributed by atoms with E-state index in [1.165, 1.54) is 16.0 Å². The number of aryl methyl sites for hydroxylation is 1. The second-order valence-electron chi connectivity index (χ2n) is 4.62. The molecule has 1 heterocycles. The summed E-state index contributed by atoms with van der Waals surface area (Å²) in [6, 6.07) is 8.49. The summed E-state index contributed by atoms with van der Waals surface area (Å²) >= 11 is 1.60. The molecule has 0 aliphatic rings. The van der Waals surface area contributed by atoms with Crippen LogP contribution in [0.4, 0.5) is 0 Å². The number of benzene rings is 1. The lowest BCUT2D eigenvalue weighted by Crippen LogP contribution is -2.21. The fourth-order valence-corrected chi connectivity index (χ4v) is 2.66. The zero-order valence-electron chi connectivity index (χ0n) is 11.3. The number of rotatable bonds is 5. The molecule has 2 rings (SSSR count). The molecule has 1 unspecified atom stereocenters. The molecular formula is C15H19N3S. The summed E-state index contributed by atoms with van der Waals surface area (Å²) in [5, 5.41) is 0.776. The molecule has 1 aromatic carbocycles. The minimum absolute atomic E-state index is 0.206. The molecule has 0 saturated carbocycles. The van der Waals surface area contributed by atoms with E-state index in [1.54, 1.807) is 24.2 Å². The molecule has 4 heteroatoms. The predicted octanol–water partition coefficient (Wildman–Crippen LogP) is 3.22. The summed E-state index contributed by atoms with van der Waals surface area (Å²) in [7, 11) is 0. The third-order valence-electron chi connectivity index (χ3n) is 2.97. The van der Waals surface area contributed by atoms with Gasteiger partial charge in [0.2, 0.25) is 0 Å². The zero-order valence-corrected chi connectivity index (χ0v) is 12.2. The van der Waals surface area contributed by atoms with Crippen molar-refractivity contribution in [2.45, 2.75) is 42.8 Å². The topological polar surface area (TPSA) is 51.8 Å². The average Bonchev–Trinajstić information content (AvgIpc) is 2.43. The minimum Gasteiger partial charge on any atom is -0.327 e. The molecule has 2 N–H and O–H groups in total. The summed E-state index contributed by atoms with van der Waals surface area (Å²) in [5.74, 6) is 0. The highest BCUT2D eigenvalue weighted by molar-refractivity contribution is 7.99. The van der Waals surface area contributed by atoms with E-state index in [2.05, 4.69) is 42.0 Å². The Bertz CT molecular complexity index is 528. The van der Waals surface area contributed by atoms with Gasteiger partial charge in [0, 0.05) is 23.3 Å². The molecule has 100 valence electrons. The van der Waals surface area contributed by atoms with Gasteiger partial charge in [-0.25, -0.2) is 9.97 Å². The minimum atomic E-state index is 0.206. The molecule has 0 bridgehead atoms. The second-order valence-corrected chi connectivity index (χ2v) is 5.63. The van der Waals surface area contributed by atoms with Gasteiger partial charge in [-0.3, -0.25) is 0 Å². The van der Waals surface area contributed by atoms with Crippen molar-refractivity contribution in [3.63, 3.8) is 0 Å². The van der Waals surface area contributed by atoms with Gasteiger partial charge < -0.3 is 5.73 Å². The predicted molar refractivity (Wildman–Crippen MR) is 79.3 cm³/mol. The molecule has 0 radical (unpaired) electrons. The molecule has 19 heavy (non-hydrogen) atoms. The first-order chi connectivity index (χ1) is 9.19. The van der Waals surface area contributed by atoms with Gasteiger partial charge in [0.25, 0.3) is 0 Å². The highest BCUT2D eigenvalue weighted by Gasteiger charge is 2.09. The maximum absolute atomic E-state index is 6.08. The first-order valence-corrected chi connectivity index (χ1v) is 7.30. The third kappa shape index (κ3) is 4.04. The van der Waals surface area contributed by atoms with Crippen LogP contribution in [0, 0.1) is 6.92 Å². The van der Waals surface area contributed by atoms with Crippen LogP contribution in [0.1, 0.15) is 24.5 Å². The smallest absolute Gasteiger partial charge is 0.192 e. The molecule has 1 aromatic heterocycles. The van der Waals surface area contributed by atoms with Crippen LogP contribution in [0.2, 0.25) is 0 Å². The van der Waals surface area contributed by atoms with E-state index >= 15 is 0 Å². The highest BCUT2D eigenvalue weighted by Crippen LogP contribution is 2.29. The van der Waals surface area contributed by atoms with Crippen LogP contribution in [-0.2, 0) is 6.42 Å². The molecule has 0 saturated heterocycles. The van der Waals surface area contributed by atoms with Crippen LogP contribution in [-0.4, -0.2) is 16.0 Å². The quantitative estimate of drug-likeness (QED) is 0.850. The Morgan fingerprint density at radius 1 is 1.26 bits per heavy atom. The standard InChI is InChI=1S/C15H19N3S/c1-3-13(16)10-12-9-11(2)5-6-14(12)19-15-17-7-4-8-18-15/h4-9,13H,3,10,16H2,1-2H3. The Kier molecular flexibility index (Phi) is 4.93. The van der Waals surface area contributed by atoms with E-state index in [0.29, 0.717) is 0 Å². The number of hydrogen-bond acceptors (Lipinski definition) is 4. The normalized spacial score (nSPS) is 12.4. The molecule has 0 aliphatic carbocycles. The van der Waals surface area contributed by atoms with E-state index in [-0.39, 0.29) is 6.04 Å². The third-order valence-corrected chi connectivity index (χ3v) is 3.98. The van der Waals surface area contributed by atoms with Crippen LogP contribution < -0.4 is 5.73 Å². The summed E-state index contributed by atoms with van der Waals surface area (Å²) < 4.78 is 0. The van der Waals surface area contributed by atoms with Crippen molar-refractivity contribution in [2.75, 3.05) is 0 Å². The Balaban J connectivity index is 2.24. The first-order valence-electron chi connectivity index (χ1n) is 6.49. The summed E-state index contributed by atoms with van der Waals surface area (Å²) in [6.07, 6.45) is 5.41. The van der Waals surface area contributed by atoms with Gasteiger partial charge in [0.05, 0.1) is 0 Å². The van der Waals surface area contributed by atoms with Gasteiger partial charge in [-0.1, -0.05) is 24.6 Å². The summed E-state index contributed by atoms with van der Waals surface area (Å²) in [5.41, 5.74) is 8.62. The van der Waals surface area contributed by atoms with Crippen LogP contribution in [0.25, 0.3) is 0 Å². The Labute approximate surface area is 118 Å². The van der Waals surface area contributed by atoms with Crippen molar-refractivity contribution in [3.05, 3.63) is 47.8 Å². The molecule has 0 aliphatic heterocycles. The van der Waals surface area contributed by atoms with Gasteiger partial charge in [0.15, 0.2) is 5.16 Å². The van der Waals surface area contributed by atoms with E-state index < -0.39 is 0 Å². The van der Waals surface area contributed by atoms with Gasteiger partial charge in [0.1, 0.15) is 0 Å². The van der Waals surface area contributed by atoms with Crippen LogP contribution >= 0.6 is 11.8 Å². The molecular weight excluding hydrogens is 254 g/mol. The number of nitrogens with zero attached hydrogens (tertiary/aromatic N) is 2. The largest absolute Gasteiger partial charge is 0.327 e. The van der Waals surface area contributed by atoms with Crippen LogP contribution in [0.5, 0.6) is 0 Å². The average molecular weight is 273 g/mol. The molecule has 0 amide bonds. The maximum Gasteiger partial charge on any atom is 0.192 e. The molecule has 2 aromatic rings. The van der Waals surface area contributed by atoms with Crippen molar-refractivity contribution >= 4 is 11.8 Å². The fraction of sp³-hybridized carbons (Fsp3) is 0.333. The lowest BCUT2D eigenvalue weighted by Gasteiger charge is -2.13. The number of hydrogen-bond donors (Lipinski definition) is 1. The Morgan fingerprint density at radius 3 is 2.68 bits per heavy atom. The van der Waals surface area contributed by atoms with E-state index in [1.807, 2.05) is 6.07 Å². The zero-order chi connectivity index (χ0) is 13.7. The van der Waals surface area contributed by atoms with Crippen molar-refractivity contribution < 1.29 is 0 Å². The van der Waals surface area contributed by atoms with Gasteiger partial charge in [-0.15, -0.1) is 0 Å². The van der Waals surface area contributed by atoms with Crippen LogP contribution in [0.3, 0.4) is 0 Å². The van der Waals surface area contributed by atoms with Crippen LogP contribution in [0.15, 0.2) is 46.7 Å². The molecule has 0 fully saturated rings. The van der Waals surface area contributed by atoms with Crippen molar-refractivity contribution in [2.24, 2.45) is 5.73 Å². The first kappa shape index (κ1) is 14.0. The van der Waals surface area contributed by atoms with Gasteiger partial charge >= 0.3 is 0 Å². The van der Waals surface area contributed by atoms with Crippen molar-refractivity contribution in [3.8, 4) is 0 Å². The summed E-state index contributed by atoms with van der Waals surface area (Å²) in [6.45, 7) is 4.22. The maximum atomic E-state index is 6.08. The molecule has 1 atom stereocenters. The molecule has 0 spiro atoms. The van der Waals surface area contributed by atoms with E-state index in [4.69, 9.17) is 5.73 Å². The second kappa shape index (κ2) is 6.68. The lowest BCUT2D eigenvalue weighted by atomic mass is 10.0.